The van der Waals surface area contributed by atoms with Gasteiger partial charge in [-0.3, -0.25) is 0 Å². The fourth-order valence-electron chi connectivity index (χ4n) is 1.04. The molecule has 59 valence electrons. The van der Waals surface area contributed by atoms with Gasteiger partial charge in [0.2, 0.25) is 0 Å². The number of nitrogens with zero attached hydrogens (tertiary/aromatic N) is 1. The fourth-order valence-corrected chi connectivity index (χ4v) is 1.65. The van der Waals surface area contributed by atoms with Crippen molar-refractivity contribution >= 4 is 11.3 Å². The molecule has 0 saturated heterocycles. The quantitative estimate of drug-likeness (QED) is 0.647. The number of thiazole rings is 1. The molecule has 1 nitrogen and oxygen atoms in total. The van der Waals surface area contributed by atoms with Crippen molar-refractivity contribution < 1.29 is 0 Å². The number of aryl methyl sites for hydroxylation is 1. The van der Waals surface area contributed by atoms with Crippen molar-refractivity contribution in [1.29, 1.82) is 0 Å². The number of aromatic nitrogens is 1. The SMILES string of the molecule is Cc1nc(-c2[c]cccc2)cs1. The zero-order valence-corrected chi connectivity index (χ0v) is 7.56. The monoisotopic (exact) mass is 174 g/mol. The first-order valence-electron chi connectivity index (χ1n) is 3.75. The molecule has 0 fully saturated rings. The molecule has 0 unspecified atom stereocenters. The summed E-state index contributed by atoms with van der Waals surface area (Å²) >= 11 is 1.67. The first-order valence-corrected chi connectivity index (χ1v) is 4.63. The first kappa shape index (κ1) is 7.50. The molecule has 1 radical (unpaired) electrons. The van der Waals surface area contributed by atoms with Gasteiger partial charge < -0.3 is 0 Å². The van der Waals surface area contributed by atoms with Crippen LogP contribution in [0.3, 0.4) is 0 Å². The van der Waals surface area contributed by atoms with E-state index in [0.29, 0.717) is 0 Å². The van der Waals surface area contributed by atoms with E-state index in [9.17, 15) is 0 Å². The van der Waals surface area contributed by atoms with Gasteiger partial charge in [0, 0.05) is 10.9 Å². The van der Waals surface area contributed by atoms with E-state index in [4.69, 9.17) is 0 Å². The molecule has 2 heteroatoms. The summed E-state index contributed by atoms with van der Waals surface area (Å²) in [5, 5.41) is 3.16. The van der Waals surface area contributed by atoms with Gasteiger partial charge in [-0.2, -0.15) is 0 Å². The number of rotatable bonds is 1. The van der Waals surface area contributed by atoms with Crippen LogP contribution in [0.1, 0.15) is 5.01 Å². The third kappa shape index (κ3) is 1.38. The Morgan fingerprint density at radius 3 is 2.92 bits per heavy atom. The summed E-state index contributed by atoms with van der Waals surface area (Å²) in [6.45, 7) is 2.01. The summed E-state index contributed by atoms with van der Waals surface area (Å²) in [5.41, 5.74) is 2.10. The van der Waals surface area contributed by atoms with Crippen molar-refractivity contribution in [2.75, 3.05) is 0 Å². The van der Waals surface area contributed by atoms with Gasteiger partial charge in [0.15, 0.2) is 0 Å². The Kier molecular flexibility index (Phi) is 1.92. The number of benzene rings is 1. The van der Waals surface area contributed by atoms with Crippen LogP contribution in [0, 0.1) is 13.0 Å². The van der Waals surface area contributed by atoms with Crippen molar-refractivity contribution in [3.8, 4) is 11.3 Å². The van der Waals surface area contributed by atoms with Crippen LogP contribution in [0.5, 0.6) is 0 Å². The normalized spacial score (nSPS) is 10.1. The van der Waals surface area contributed by atoms with Crippen LogP contribution in [0.25, 0.3) is 11.3 Å². The Balaban J connectivity index is 2.45. The molecule has 1 aromatic heterocycles. The predicted molar refractivity (Wildman–Crippen MR) is 51.1 cm³/mol. The van der Waals surface area contributed by atoms with Gasteiger partial charge in [0.05, 0.1) is 10.7 Å². The van der Waals surface area contributed by atoms with Crippen molar-refractivity contribution in [2.24, 2.45) is 0 Å². The second kappa shape index (κ2) is 3.07. The first-order chi connectivity index (χ1) is 5.86. The minimum Gasteiger partial charge on any atom is -0.242 e. The van der Waals surface area contributed by atoms with Crippen molar-refractivity contribution in [3.63, 3.8) is 0 Å². The number of hydrogen-bond acceptors (Lipinski definition) is 2. The molecule has 0 N–H and O–H groups in total. The summed E-state index contributed by atoms with van der Waals surface area (Å²) in [5.74, 6) is 0. The smallest absolute Gasteiger partial charge is 0.0901 e. The molecule has 0 bridgehead atoms. The summed E-state index contributed by atoms with van der Waals surface area (Å²) in [4.78, 5) is 4.37. The lowest BCUT2D eigenvalue weighted by molar-refractivity contribution is 1.30. The van der Waals surface area contributed by atoms with E-state index in [-0.39, 0.29) is 0 Å². The highest BCUT2D eigenvalue weighted by Crippen LogP contribution is 2.19. The molecule has 2 aromatic rings. The van der Waals surface area contributed by atoms with E-state index >= 15 is 0 Å². The van der Waals surface area contributed by atoms with E-state index in [0.717, 1.165) is 16.3 Å². The predicted octanol–water partition coefficient (Wildman–Crippen LogP) is 2.92. The van der Waals surface area contributed by atoms with Gasteiger partial charge in [-0.05, 0) is 13.0 Å². The third-order valence-corrected chi connectivity index (χ3v) is 2.38. The highest BCUT2D eigenvalue weighted by atomic mass is 32.1. The summed E-state index contributed by atoms with van der Waals surface area (Å²) in [7, 11) is 0. The Morgan fingerprint density at radius 1 is 1.42 bits per heavy atom. The maximum absolute atomic E-state index is 4.37. The fraction of sp³-hybridized carbons (Fsp3) is 0.100. The average Bonchev–Trinajstić information content (AvgIpc) is 2.54. The Labute approximate surface area is 75.7 Å². The van der Waals surface area contributed by atoms with Crippen molar-refractivity contribution in [1.82, 2.24) is 4.98 Å². The average molecular weight is 174 g/mol. The molecule has 0 aliphatic rings. The van der Waals surface area contributed by atoms with Crippen LogP contribution in [0.4, 0.5) is 0 Å². The molecule has 0 saturated carbocycles. The van der Waals surface area contributed by atoms with Crippen LogP contribution in [-0.2, 0) is 0 Å². The zero-order chi connectivity index (χ0) is 8.39. The highest BCUT2D eigenvalue weighted by molar-refractivity contribution is 7.09. The van der Waals surface area contributed by atoms with Gasteiger partial charge in [-0.25, -0.2) is 4.98 Å². The minimum atomic E-state index is 1.03. The molecule has 12 heavy (non-hydrogen) atoms. The van der Waals surface area contributed by atoms with E-state index in [1.54, 1.807) is 11.3 Å². The molecule has 0 aliphatic carbocycles. The Bertz CT molecular complexity index is 364. The maximum atomic E-state index is 4.37. The second-order valence-electron chi connectivity index (χ2n) is 2.53. The molecule has 1 heterocycles. The lowest BCUT2D eigenvalue weighted by Gasteiger charge is -1.92. The summed E-state index contributed by atoms with van der Waals surface area (Å²) in [6.07, 6.45) is 0. The molecule has 0 aliphatic heterocycles. The molecule has 0 spiro atoms. The Morgan fingerprint density at radius 2 is 2.33 bits per heavy atom. The minimum absolute atomic E-state index is 1.03. The van der Waals surface area contributed by atoms with Crippen LogP contribution >= 0.6 is 11.3 Å². The lowest BCUT2D eigenvalue weighted by atomic mass is 10.2. The van der Waals surface area contributed by atoms with E-state index in [1.165, 1.54) is 0 Å². The van der Waals surface area contributed by atoms with Crippen LogP contribution in [-0.4, -0.2) is 4.98 Å². The standard InChI is InChI=1S/C10H8NS/c1-8-11-10(7-12-8)9-5-3-2-4-6-9/h2-5,7H,1H3. The van der Waals surface area contributed by atoms with Gasteiger partial charge >= 0.3 is 0 Å². The number of hydrogen-bond donors (Lipinski definition) is 0. The molecule has 0 atom stereocenters. The van der Waals surface area contributed by atoms with Crippen LogP contribution in [0.2, 0.25) is 0 Å². The largest absolute Gasteiger partial charge is 0.242 e. The summed E-state index contributed by atoms with van der Waals surface area (Å²) < 4.78 is 0. The Hall–Kier alpha value is -1.15. The molecule has 1 aromatic carbocycles. The summed E-state index contributed by atoms with van der Waals surface area (Å²) in [6, 6.07) is 11.0. The van der Waals surface area contributed by atoms with Gasteiger partial charge in [-0.15, -0.1) is 11.3 Å². The molecule has 0 amide bonds. The van der Waals surface area contributed by atoms with E-state index in [1.807, 2.05) is 31.2 Å². The van der Waals surface area contributed by atoms with Crippen molar-refractivity contribution in [2.45, 2.75) is 6.92 Å². The van der Waals surface area contributed by atoms with Crippen molar-refractivity contribution in [3.05, 3.63) is 40.7 Å². The van der Waals surface area contributed by atoms with E-state index < -0.39 is 0 Å². The third-order valence-electron chi connectivity index (χ3n) is 1.60. The van der Waals surface area contributed by atoms with Crippen LogP contribution in [0.15, 0.2) is 29.6 Å². The second-order valence-corrected chi connectivity index (χ2v) is 3.59. The van der Waals surface area contributed by atoms with Gasteiger partial charge in [0.1, 0.15) is 0 Å². The molecular formula is C10H8NS. The lowest BCUT2D eigenvalue weighted by Crippen LogP contribution is -1.76. The zero-order valence-electron chi connectivity index (χ0n) is 6.74. The maximum Gasteiger partial charge on any atom is 0.0901 e. The van der Waals surface area contributed by atoms with Gasteiger partial charge in [0.25, 0.3) is 0 Å². The topological polar surface area (TPSA) is 12.9 Å². The van der Waals surface area contributed by atoms with Crippen LogP contribution < -0.4 is 0 Å². The molecule has 2 rings (SSSR count). The highest BCUT2D eigenvalue weighted by Gasteiger charge is 1.99. The van der Waals surface area contributed by atoms with E-state index in [2.05, 4.69) is 16.4 Å². The van der Waals surface area contributed by atoms with Gasteiger partial charge in [-0.1, -0.05) is 24.3 Å². The molecular weight excluding hydrogens is 166 g/mol.